The van der Waals surface area contributed by atoms with Crippen LogP contribution in [0.25, 0.3) is 0 Å². The molecule has 0 spiro atoms. The van der Waals surface area contributed by atoms with Gasteiger partial charge in [0, 0.05) is 18.8 Å². The maximum Gasteiger partial charge on any atom is 0.231 e. The van der Waals surface area contributed by atoms with Gasteiger partial charge in [-0.05, 0) is 31.5 Å². The molecule has 1 atom stereocenters. The Balaban J connectivity index is 2.12. The van der Waals surface area contributed by atoms with Gasteiger partial charge in [-0.25, -0.2) is 0 Å². The molecule has 1 aliphatic rings. The summed E-state index contributed by atoms with van der Waals surface area (Å²) in [4.78, 5) is 14.3. The molecule has 1 saturated heterocycles. The third-order valence-corrected chi connectivity index (χ3v) is 3.43. The quantitative estimate of drug-likeness (QED) is 0.896. The minimum atomic E-state index is 0.0349. The molecule has 0 radical (unpaired) electrons. The van der Waals surface area contributed by atoms with Crippen molar-refractivity contribution in [1.82, 2.24) is 5.32 Å². The van der Waals surface area contributed by atoms with Gasteiger partial charge in [-0.3, -0.25) is 4.79 Å². The molecule has 1 aromatic rings. The monoisotopic (exact) mass is 257 g/mol. The van der Waals surface area contributed by atoms with Gasteiger partial charge in [0.25, 0.3) is 0 Å². The summed E-state index contributed by atoms with van der Waals surface area (Å²) in [6, 6.07) is 11.7. The summed E-state index contributed by atoms with van der Waals surface area (Å²) in [5.41, 5.74) is 0.883. The highest BCUT2D eigenvalue weighted by Crippen LogP contribution is 2.20. The summed E-state index contributed by atoms with van der Waals surface area (Å²) in [5.74, 6) is 0.168. The van der Waals surface area contributed by atoms with Crippen LogP contribution in [0.3, 0.4) is 0 Å². The highest BCUT2D eigenvalue weighted by molar-refractivity contribution is 5.95. The average Bonchev–Trinajstić information content (AvgIpc) is 2.49. The van der Waals surface area contributed by atoms with E-state index in [1.54, 1.807) is 4.90 Å². The van der Waals surface area contributed by atoms with E-state index in [1.807, 2.05) is 30.3 Å². The van der Waals surface area contributed by atoms with Crippen LogP contribution in [0.5, 0.6) is 0 Å². The number of hydrogen-bond donors (Lipinski definition) is 1. The van der Waals surface area contributed by atoms with Crippen molar-refractivity contribution in [2.24, 2.45) is 5.92 Å². The van der Waals surface area contributed by atoms with E-state index in [9.17, 15) is 4.79 Å². The summed E-state index contributed by atoms with van der Waals surface area (Å²) in [6.07, 6.45) is 2.33. The first kappa shape index (κ1) is 13.6. The van der Waals surface area contributed by atoms with Gasteiger partial charge in [0.1, 0.15) is 0 Å². The van der Waals surface area contributed by atoms with Gasteiger partial charge in [-0.15, -0.1) is 0 Å². The molecule has 19 heavy (non-hydrogen) atoms. The van der Waals surface area contributed by atoms with Gasteiger partial charge in [-0.2, -0.15) is 5.26 Å². The summed E-state index contributed by atoms with van der Waals surface area (Å²) < 4.78 is 0. The maximum atomic E-state index is 12.6. The summed E-state index contributed by atoms with van der Waals surface area (Å²) in [5, 5.41) is 12.0. The van der Waals surface area contributed by atoms with Crippen LogP contribution in [0.1, 0.15) is 19.3 Å². The number of nitriles is 1. The van der Waals surface area contributed by atoms with Crippen LogP contribution in [-0.2, 0) is 4.79 Å². The highest BCUT2D eigenvalue weighted by Gasteiger charge is 2.26. The lowest BCUT2D eigenvalue weighted by molar-refractivity contribution is -0.122. The number of anilines is 1. The van der Waals surface area contributed by atoms with Crippen LogP contribution in [-0.4, -0.2) is 25.5 Å². The first-order chi connectivity index (χ1) is 9.33. The smallest absolute Gasteiger partial charge is 0.231 e. The average molecular weight is 257 g/mol. The molecule has 0 aliphatic carbocycles. The fraction of sp³-hybridized carbons (Fsp3) is 0.467. The molecule has 1 aromatic carbocycles. The number of benzene rings is 1. The van der Waals surface area contributed by atoms with Crippen molar-refractivity contribution < 1.29 is 4.79 Å². The predicted molar refractivity (Wildman–Crippen MR) is 74.6 cm³/mol. The number of nitrogens with one attached hydrogen (secondary N) is 1. The predicted octanol–water partition coefficient (Wildman–Crippen LogP) is 1.93. The van der Waals surface area contributed by atoms with Crippen LogP contribution in [0.2, 0.25) is 0 Å². The lowest BCUT2D eigenvalue weighted by Gasteiger charge is -2.29. The zero-order chi connectivity index (χ0) is 13.5. The first-order valence-electron chi connectivity index (χ1n) is 6.77. The summed E-state index contributed by atoms with van der Waals surface area (Å²) in [7, 11) is 0. The Kier molecular flexibility index (Phi) is 4.93. The van der Waals surface area contributed by atoms with E-state index >= 15 is 0 Å². The Morgan fingerprint density at radius 2 is 2.21 bits per heavy atom. The molecule has 1 unspecified atom stereocenters. The van der Waals surface area contributed by atoms with Crippen molar-refractivity contribution in [2.75, 3.05) is 24.5 Å². The number of nitrogens with zero attached hydrogens (tertiary/aromatic N) is 2. The van der Waals surface area contributed by atoms with Crippen molar-refractivity contribution >= 4 is 11.6 Å². The van der Waals surface area contributed by atoms with E-state index < -0.39 is 0 Å². The lowest BCUT2D eigenvalue weighted by Crippen LogP contribution is -2.43. The molecule has 1 amide bonds. The third kappa shape index (κ3) is 3.55. The minimum absolute atomic E-state index is 0.0349. The second-order valence-electron chi connectivity index (χ2n) is 4.78. The molecule has 2 rings (SSSR count). The number of rotatable bonds is 4. The number of hydrogen-bond acceptors (Lipinski definition) is 3. The Labute approximate surface area is 114 Å². The summed E-state index contributed by atoms with van der Waals surface area (Å²) >= 11 is 0. The van der Waals surface area contributed by atoms with Crippen LogP contribution >= 0.6 is 0 Å². The molecule has 4 nitrogen and oxygen atoms in total. The van der Waals surface area contributed by atoms with Crippen molar-refractivity contribution in [2.45, 2.75) is 19.3 Å². The van der Waals surface area contributed by atoms with Crippen LogP contribution in [0.15, 0.2) is 30.3 Å². The Hall–Kier alpha value is -1.86. The zero-order valence-electron chi connectivity index (χ0n) is 11.0. The SMILES string of the molecule is N#CCCN(C(=O)C1CCCNC1)c1ccccc1. The van der Waals surface area contributed by atoms with E-state index in [-0.39, 0.29) is 11.8 Å². The number of para-hydroxylation sites is 1. The van der Waals surface area contributed by atoms with Crippen LogP contribution in [0.4, 0.5) is 5.69 Å². The number of amides is 1. The standard InChI is InChI=1S/C15H19N3O/c16-9-5-11-18(14-7-2-1-3-8-14)15(19)13-6-4-10-17-12-13/h1-3,7-8,13,17H,4-6,10-12H2. The van der Waals surface area contributed by atoms with Gasteiger partial charge in [0.15, 0.2) is 0 Å². The molecule has 0 bridgehead atoms. The van der Waals surface area contributed by atoms with Crippen molar-refractivity contribution in [3.8, 4) is 6.07 Å². The Morgan fingerprint density at radius 1 is 1.42 bits per heavy atom. The molecule has 0 saturated carbocycles. The third-order valence-electron chi connectivity index (χ3n) is 3.43. The molecule has 1 aliphatic heterocycles. The number of carbonyl (C=O) groups is 1. The van der Waals surface area contributed by atoms with Crippen molar-refractivity contribution in [3.63, 3.8) is 0 Å². The highest BCUT2D eigenvalue weighted by atomic mass is 16.2. The number of piperidine rings is 1. The van der Waals surface area contributed by atoms with Gasteiger partial charge in [0.05, 0.1) is 18.4 Å². The molecular formula is C15H19N3O. The van der Waals surface area contributed by atoms with Crippen LogP contribution in [0, 0.1) is 17.2 Å². The lowest BCUT2D eigenvalue weighted by atomic mass is 9.97. The van der Waals surface area contributed by atoms with Crippen molar-refractivity contribution in [1.29, 1.82) is 5.26 Å². The van der Waals surface area contributed by atoms with E-state index in [4.69, 9.17) is 5.26 Å². The minimum Gasteiger partial charge on any atom is -0.316 e. The van der Waals surface area contributed by atoms with E-state index in [0.29, 0.717) is 13.0 Å². The Bertz CT molecular complexity index is 446. The fourth-order valence-corrected chi connectivity index (χ4v) is 2.42. The van der Waals surface area contributed by atoms with E-state index in [2.05, 4.69) is 11.4 Å². The molecule has 100 valence electrons. The number of carbonyl (C=O) groups excluding carboxylic acids is 1. The summed E-state index contributed by atoms with van der Waals surface area (Å²) in [6.45, 7) is 2.21. The fourth-order valence-electron chi connectivity index (χ4n) is 2.42. The second kappa shape index (κ2) is 6.91. The molecule has 1 fully saturated rings. The largest absolute Gasteiger partial charge is 0.316 e. The first-order valence-corrected chi connectivity index (χ1v) is 6.77. The molecular weight excluding hydrogens is 238 g/mol. The molecule has 1 N–H and O–H groups in total. The molecule has 0 aromatic heterocycles. The van der Waals surface area contributed by atoms with E-state index in [1.165, 1.54) is 0 Å². The topological polar surface area (TPSA) is 56.1 Å². The van der Waals surface area contributed by atoms with E-state index in [0.717, 1.165) is 31.6 Å². The second-order valence-corrected chi connectivity index (χ2v) is 4.78. The Morgan fingerprint density at radius 3 is 2.84 bits per heavy atom. The van der Waals surface area contributed by atoms with Crippen LogP contribution < -0.4 is 10.2 Å². The molecule has 4 heteroatoms. The van der Waals surface area contributed by atoms with Gasteiger partial charge < -0.3 is 10.2 Å². The van der Waals surface area contributed by atoms with Crippen molar-refractivity contribution in [3.05, 3.63) is 30.3 Å². The van der Waals surface area contributed by atoms with Gasteiger partial charge in [-0.1, -0.05) is 18.2 Å². The maximum absolute atomic E-state index is 12.6. The van der Waals surface area contributed by atoms with Gasteiger partial charge >= 0.3 is 0 Å². The zero-order valence-corrected chi connectivity index (χ0v) is 11.0. The normalized spacial score (nSPS) is 18.6. The van der Waals surface area contributed by atoms with Gasteiger partial charge in [0.2, 0.25) is 5.91 Å². The molecule has 1 heterocycles.